The van der Waals surface area contributed by atoms with Crippen molar-refractivity contribution in [2.75, 3.05) is 6.54 Å². The number of hydrogen-bond acceptors (Lipinski definition) is 2. The summed E-state index contributed by atoms with van der Waals surface area (Å²) in [5.74, 6) is -0.676. The number of hydrogen-bond donors (Lipinski definition) is 1. The highest BCUT2D eigenvalue weighted by molar-refractivity contribution is 5.73. The van der Waals surface area contributed by atoms with Crippen molar-refractivity contribution < 1.29 is 9.90 Å². The minimum Gasteiger partial charge on any atom is -0.480 e. The molecule has 0 saturated carbocycles. The van der Waals surface area contributed by atoms with E-state index < -0.39 is 5.97 Å². The highest BCUT2D eigenvalue weighted by Gasteiger charge is 2.28. The van der Waals surface area contributed by atoms with Gasteiger partial charge in [0.05, 0.1) is 0 Å². The predicted octanol–water partition coefficient (Wildman–Crippen LogP) is 3.08. The van der Waals surface area contributed by atoms with Crippen molar-refractivity contribution in [3.63, 3.8) is 0 Å². The Morgan fingerprint density at radius 1 is 1.37 bits per heavy atom. The molecule has 0 bridgehead atoms. The lowest BCUT2D eigenvalue weighted by Gasteiger charge is -2.32. The van der Waals surface area contributed by atoms with Crippen LogP contribution in [0.3, 0.4) is 0 Å². The van der Waals surface area contributed by atoms with Gasteiger partial charge in [-0.15, -0.1) is 0 Å². The third-order valence-electron chi connectivity index (χ3n) is 3.81. The lowest BCUT2D eigenvalue weighted by atomic mass is 10.0. The van der Waals surface area contributed by atoms with Gasteiger partial charge in [-0.1, -0.05) is 44.0 Å². The molecule has 104 valence electrons. The minimum atomic E-state index is -0.676. The number of carboxylic acid groups (broad SMARTS) is 1. The number of carboxylic acids is 1. The lowest BCUT2D eigenvalue weighted by molar-refractivity contribution is -0.144. The van der Waals surface area contributed by atoms with Gasteiger partial charge in [-0.25, -0.2) is 0 Å². The number of aliphatic carboxylic acids is 1. The molecule has 1 heterocycles. The molecule has 0 aliphatic carbocycles. The first-order valence-electron chi connectivity index (χ1n) is 7.25. The predicted molar refractivity (Wildman–Crippen MR) is 76.1 cm³/mol. The van der Waals surface area contributed by atoms with Crippen LogP contribution in [-0.4, -0.2) is 28.6 Å². The van der Waals surface area contributed by atoms with Crippen molar-refractivity contribution in [3.05, 3.63) is 35.4 Å². The largest absolute Gasteiger partial charge is 0.480 e. The topological polar surface area (TPSA) is 40.5 Å². The maximum absolute atomic E-state index is 11.3. The Kier molecular flexibility index (Phi) is 4.97. The average Bonchev–Trinajstić information content (AvgIpc) is 2.40. The highest BCUT2D eigenvalue weighted by Crippen LogP contribution is 2.20. The molecule has 0 radical (unpaired) electrons. The maximum Gasteiger partial charge on any atom is 0.320 e. The van der Waals surface area contributed by atoms with Crippen LogP contribution in [0.1, 0.15) is 43.7 Å². The maximum atomic E-state index is 11.3. The van der Waals surface area contributed by atoms with Crippen molar-refractivity contribution in [1.82, 2.24) is 4.90 Å². The zero-order valence-electron chi connectivity index (χ0n) is 11.6. The summed E-state index contributed by atoms with van der Waals surface area (Å²) in [6.07, 6.45) is 5.16. The Labute approximate surface area is 115 Å². The smallest absolute Gasteiger partial charge is 0.320 e. The fourth-order valence-corrected chi connectivity index (χ4v) is 2.87. The molecule has 19 heavy (non-hydrogen) atoms. The van der Waals surface area contributed by atoms with Crippen LogP contribution in [0.4, 0.5) is 0 Å². The van der Waals surface area contributed by atoms with Crippen LogP contribution < -0.4 is 0 Å². The van der Waals surface area contributed by atoms with Gasteiger partial charge in [-0.05, 0) is 36.9 Å². The Morgan fingerprint density at radius 2 is 2.16 bits per heavy atom. The van der Waals surface area contributed by atoms with E-state index in [0.29, 0.717) is 0 Å². The van der Waals surface area contributed by atoms with E-state index in [0.717, 1.165) is 45.2 Å². The fraction of sp³-hybridized carbons (Fsp3) is 0.562. The van der Waals surface area contributed by atoms with Gasteiger partial charge >= 0.3 is 5.97 Å². The van der Waals surface area contributed by atoms with Gasteiger partial charge in [0.25, 0.3) is 0 Å². The van der Waals surface area contributed by atoms with E-state index in [1.165, 1.54) is 11.1 Å². The molecule has 3 nitrogen and oxygen atoms in total. The van der Waals surface area contributed by atoms with Crippen molar-refractivity contribution in [3.8, 4) is 0 Å². The summed E-state index contributed by atoms with van der Waals surface area (Å²) in [7, 11) is 0. The first-order valence-corrected chi connectivity index (χ1v) is 7.25. The zero-order chi connectivity index (χ0) is 13.7. The molecule has 1 fully saturated rings. The highest BCUT2D eigenvalue weighted by atomic mass is 16.4. The van der Waals surface area contributed by atoms with Gasteiger partial charge in [0.2, 0.25) is 0 Å². The van der Waals surface area contributed by atoms with E-state index in [-0.39, 0.29) is 6.04 Å². The molecule has 1 atom stereocenters. The first kappa shape index (κ1) is 14.1. The Hall–Kier alpha value is -1.35. The van der Waals surface area contributed by atoms with Crippen LogP contribution in [0.2, 0.25) is 0 Å². The van der Waals surface area contributed by atoms with Crippen LogP contribution in [0, 0.1) is 0 Å². The van der Waals surface area contributed by atoms with Crippen LogP contribution >= 0.6 is 0 Å². The molecule has 0 amide bonds. The normalized spacial score (nSPS) is 20.4. The molecule has 1 aliphatic rings. The van der Waals surface area contributed by atoms with Crippen LogP contribution in [0.25, 0.3) is 0 Å². The fourth-order valence-electron chi connectivity index (χ4n) is 2.87. The molecule has 1 unspecified atom stereocenters. The first-order chi connectivity index (χ1) is 9.20. The summed E-state index contributed by atoms with van der Waals surface area (Å²) in [6.45, 7) is 3.83. The Balaban J connectivity index is 2.06. The van der Waals surface area contributed by atoms with Crippen LogP contribution in [0.15, 0.2) is 24.3 Å². The number of aryl methyl sites for hydroxylation is 1. The molecular weight excluding hydrogens is 238 g/mol. The van der Waals surface area contributed by atoms with Crippen molar-refractivity contribution in [2.24, 2.45) is 0 Å². The van der Waals surface area contributed by atoms with Gasteiger partial charge in [-0.3, -0.25) is 9.69 Å². The summed E-state index contributed by atoms with van der Waals surface area (Å²) >= 11 is 0. The van der Waals surface area contributed by atoms with Crippen molar-refractivity contribution >= 4 is 5.97 Å². The molecule has 1 N–H and O–H groups in total. The lowest BCUT2D eigenvalue weighted by Crippen LogP contribution is -2.44. The third kappa shape index (κ3) is 3.80. The molecule has 0 spiro atoms. The summed E-state index contributed by atoms with van der Waals surface area (Å²) in [6, 6.07) is 8.25. The molecule has 1 aromatic carbocycles. The molecule has 1 saturated heterocycles. The second-order valence-corrected chi connectivity index (χ2v) is 5.39. The molecule has 3 heteroatoms. The molecular formula is C16H23NO2. The summed E-state index contributed by atoms with van der Waals surface area (Å²) in [5.41, 5.74) is 2.59. The SMILES string of the molecule is CCCc1cccc(CN2CCCCC2C(=O)O)c1. The number of rotatable bonds is 5. The number of carbonyl (C=O) groups is 1. The van der Waals surface area contributed by atoms with Gasteiger partial charge in [0.15, 0.2) is 0 Å². The molecule has 2 rings (SSSR count). The van der Waals surface area contributed by atoms with Crippen LogP contribution in [0.5, 0.6) is 0 Å². The summed E-state index contributed by atoms with van der Waals surface area (Å²) < 4.78 is 0. The van der Waals surface area contributed by atoms with E-state index in [1.807, 2.05) is 0 Å². The van der Waals surface area contributed by atoms with Crippen molar-refractivity contribution in [1.29, 1.82) is 0 Å². The molecule has 1 aromatic rings. The summed E-state index contributed by atoms with van der Waals surface area (Å²) in [4.78, 5) is 13.4. The molecule has 1 aliphatic heterocycles. The Bertz CT molecular complexity index is 431. The Morgan fingerprint density at radius 3 is 2.89 bits per heavy atom. The number of likely N-dealkylation sites (tertiary alicyclic amines) is 1. The van der Waals surface area contributed by atoms with Gasteiger partial charge in [-0.2, -0.15) is 0 Å². The molecule has 0 aromatic heterocycles. The van der Waals surface area contributed by atoms with Crippen molar-refractivity contribution in [2.45, 2.75) is 51.6 Å². The van der Waals surface area contributed by atoms with Gasteiger partial charge in [0, 0.05) is 6.54 Å². The van der Waals surface area contributed by atoms with E-state index in [1.54, 1.807) is 0 Å². The van der Waals surface area contributed by atoms with E-state index in [9.17, 15) is 9.90 Å². The summed E-state index contributed by atoms with van der Waals surface area (Å²) in [5, 5.41) is 9.28. The minimum absolute atomic E-state index is 0.302. The average molecular weight is 261 g/mol. The quantitative estimate of drug-likeness (QED) is 0.885. The van der Waals surface area contributed by atoms with Crippen LogP contribution in [-0.2, 0) is 17.8 Å². The number of benzene rings is 1. The van der Waals surface area contributed by atoms with E-state index in [2.05, 4.69) is 36.1 Å². The number of nitrogens with zero attached hydrogens (tertiary/aromatic N) is 1. The standard InChI is InChI=1S/C16H23NO2/c1-2-6-13-7-5-8-14(11-13)12-17-10-4-3-9-15(17)16(18)19/h5,7-8,11,15H,2-4,6,9-10,12H2,1H3,(H,18,19). The zero-order valence-corrected chi connectivity index (χ0v) is 11.6. The van der Waals surface area contributed by atoms with E-state index >= 15 is 0 Å². The van der Waals surface area contributed by atoms with E-state index in [4.69, 9.17) is 0 Å². The van der Waals surface area contributed by atoms with Gasteiger partial charge in [0.1, 0.15) is 6.04 Å². The number of piperidine rings is 1. The third-order valence-corrected chi connectivity index (χ3v) is 3.81. The second-order valence-electron chi connectivity index (χ2n) is 5.39. The van der Waals surface area contributed by atoms with Gasteiger partial charge < -0.3 is 5.11 Å². The second kappa shape index (κ2) is 6.71. The monoisotopic (exact) mass is 261 g/mol.